The molecule has 5 nitrogen and oxygen atoms in total. The van der Waals surface area contributed by atoms with Gasteiger partial charge in [-0.25, -0.2) is 10.4 Å². The van der Waals surface area contributed by atoms with Crippen LogP contribution in [-0.4, -0.2) is 21.7 Å². The summed E-state index contributed by atoms with van der Waals surface area (Å²) in [5.41, 5.74) is 5.13. The highest BCUT2D eigenvalue weighted by atomic mass is 35.5. The van der Waals surface area contributed by atoms with Crippen molar-refractivity contribution in [2.24, 2.45) is 5.10 Å². The van der Waals surface area contributed by atoms with E-state index < -0.39 is 0 Å². The number of fused-ring (bicyclic) bond motifs is 1. The molecule has 1 N–H and O–H groups in total. The SMILES string of the molecule is O=C(Cn1cnc2ccccc21)N/N=C/c1ccc(Cl)cc1. The highest BCUT2D eigenvalue weighted by molar-refractivity contribution is 6.30. The Morgan fingerprint density at radius 3 is 2.82 bits per heavy atom. The number of nitrogens with zero attached hydrogens (tertiary/aromatic N) is 3. The minimum absolute atomic E-state index is 0.165. The molecule has 1 amide bonds. The minimum atomic E-state index is -0.214. The van der Waals surface area contributed by atoms with Gasteiger partial charge in [-0.05, 0) is 29.8 Å². The molecule has 0 aliphatic rings. The van der Waals surface area contributed by atoms with Crippen molar-refractivity contribution in [1.82, 2.24) is 15.0 Å². The Morgan fingerprint density at radius 1 is 1.23 bits per heavy atom. The molecule has 3 rings (SSSR count). The van der Waals surface area contributed by atoms with Crippen molar-refractivity contribution in [3.05, 3.63) is 65.4 Å². The number of nitrogens with one attached hydrogen (secondary N) is 1. The maximum atomic E-state index is 11.9. The van der Waals surface area contributed by atoms with Crippen molar-refractivity contribution in [2.75, 3.05) is 0 Å². The molecular weight excluding hydrogens is 300 g/mol. The van der Waals surface area contributed by atoms with E-state index in [1.807, 2.05) is 36.4 Å². The highest BCUT2D eigenvalue weighted by Crippen LogP contribution is 2.11. The molecule has 0 atom stereocenters. The largest absolute Gasteiger partial charge is 0.321 e. The molecule has 2 aromatic carbocycles. The average Bonchev–Trinajstić information content (AvgIpc) is 2.93. The van der Waals surface area contributed by atoms with Crippen LogP contribution in [0.3, 0.4) is 0 Å². The standard InChI is InChI=1S/C16H13ClN4O/c17-13-7-5-12(6-8-13)9-19-20-16(22)10-21-11-18-14-3-1-2-4-15(14)21/h1-9,11H,10H2,(H,20,22)/b19-9+. The summed E-state index contributed by atoms with van der Waals surface area (Å²) in [5, 5.41) is 4.59. The second kappa shape index (κ2) is 6.41. The fourth-order valence-electron chi connectivity index (χ4n) is 2.05. The van der Waals surface area contributed by atoms with Gasteiger partial charge in [0.2, 0.25) is 0 Å². The number of hydrogen-bond acceptors (Lipinski definition) is 3. The maximum absolute atomic E-state index is 11.9. The Bertz CT molecular complexity index is 824. The first-order chi connectivity index (χ1) is 10.7. The first-order valence-electron chi connectivity index (χ1n) is 6.70. The van der Waals surface area contributed by atoms with E-state index in [2.05, 4.69) is 15.5 Å². The number of benzene rings is 2. The number of amides is 1. The van der Waals surface area contributed by atoms with Crippen LogP contribution in [0.2, 0.25) is 5.02 Å². The van der Waals surface area contributed by atoms with Gasteiger partial charge in [0.25, 0.3) is 5.91 Å². The lowest BCUT2D eigenvalue weighted by molar-refractivity contribution is -0.121. The first-order valence-corrected chi connectivity index (χ1v) is 7.07. The predicted octanol–water partition coefficient (Wildman–Crippen LogP) is 2.84. The monoisotopic (exact) mass is 312 g/mol. The second-order valence-corrected chi connectivity index (χ2v) is 5.14. The topological polar surface area (TPSA) is 59.3 Å². The van der Waals surface area contributed by atoms with Crippen molar-refractivity contribution >= 4 is 34.8 Å². The molecular formula is C16H13ClN4O. The third-order valence-corrected chi connectivity index (χ3v) is 3.37. The number of rotatable bonds is 4. The molecule has 0 saturated heterocycles. The van der Waals surface area contributed by atoms with Gasteiger partial charge in [-0.3, -0.25) is 4.79 Å². The Balaban J connectivity index is 1.62. The van der Waals surface area contributed by atoms with E-state index in [-0.39, 0.29) is 12.5 Å². The summed E-state index contributed by atoms with van der Waals surface area (Å²) in [7, 11) is 0. The van der Waals surface area contributed by atoms with Crippen molar-refractivity contribution in [3.63, 3.8) is 0 Å². The highest BCUT2D eigenvalue weighted by Gasteiger charge is 2.05. The third-order valence-electron chi connectivity index (χ3n) is 3.11. The number of hydrazone groups is 1. The van der Waals surface area contributed by atoms with Crippen molar-refractivity contribution < 1.29 is 4.79 Å². The second-order valence-electron chi connectivity index (χ2n) is 4.71. The van der Waals surface area contributed by atoms with Gasteiger partial charge in [-0.15, -0.1) is 0 Å². The van der Waals surface area contributed by atoms with Gasteiger partial charge >= 0.3 is 0 Å². The molecule has 1 heterocycles. The van der Waals surface area contributed by atoms with Gasteiger partial charge in [-0.2, -0.15) is 5.10 Å². The van der Waals surface area contributed by atoms with E-state index in [4.69, 9.17) is 11.6 Å². The van der Waals surface area contributed by atoms with Crippen LogP contribution in [0, 0.1) is 0 Å². The molecule has 0 bridgehead atoms. The minimum Gasteiger partial charge on any atom is -0.321 e. The van der Waals surface area contributed by atoms with Gasteiger partial charge in [0, 0.05) is 5.02 Å². The fraction of sp³-hybridized carbons (Fsp3) is 0.0625. The number of halogens is 1. The molecule has 0 aliphatic carbocycles. The Kier molecular flexibility index (Phi) is 4.16. The van der Waals surface area contributed by atoms with Gasteiger partial charge in [0.15, 0.2) is 0 Å². The van der Waals surface area contributed by atoms with Gasteiger partial charge < -0.3 is 4.57 Å². The zero-order valence-electron chi connectivity index (χ0n) is 11.6. The lowest BCUT2D eigenvalue weighted by Gasteiger charge is -2.02. The normalized spacial score (nSPS) is 11.1. The summed E-state index contributed by atoms with van der Waals surface area (Å²) < 4.78 is 1.78. The Hall–Kier alpha value is -2.66. The zero-order chi connectivity index (χ0) is 15.4. The molecule has 0 aliphatic heterocycles. The number of carbonyl (C=O) groups is 1. The van der Waals surface area contributed by atoms with E-state index in [0.717, 1.165) is 16.6 Å². The van der Waals surface area contributed by atoms with Crippen LogP contribution in [0.1, 0.15) is 5.56 Å². The van der Waals surface area contributed by atoms with E-state index in [0.29, 0.717) is 5.02 Å². The van der Waals surface area contributed by atoms with Crippen LogP contribution in [0.5, 0.6) is 0 Å². The zero-order valence-corrected chi connectivity index (χ0v) is 12.4. The van der Waals surface area contributed by atoms with Crippen molar-refractivity contribution in [3.8, 4) is 0 Å². The smallest absolute Gasteiger partial charge is 0.260 e. The van der Waals surface area contributed by atoms with E-state index >= 15 is 0 Å². The van der Waals surface area contributed by atoms with Gasteiger partial charge in [0.1, 0.15) is 6.54 Å². The van der Waals surface area contributed by atoms with Crippen molar-refractivity contribution in [1.29, 1.82) is 0 Å². The molecule has 0 radical (unpaired) electrons. The Labute approximate surface area is 132 Å². The van der Waals surface area contributed by atoms with E-state index in [1.54, 1.807) is 29.2 Å². The molecule has 0 saturated carbocycles. The summed E-state index contributed by atoms with van der Waals surface area (Å²) >= 11 is 5.80. The number of carbonyl (C=O) groups excluding carboxylic acids is 1. The summed E-state index contributed by atoms with van der Waals surface area (Å²) in [6, 6.07) is 14.8. The lowest BCUT2D eigenvalue weighted by Crippen LogP contribution is -2.22. The third kappa shape index (κ3) is 3.32. The van der Waals surface area contributed by atoms with Crippen LogP contribution >= 0.6 is 11.6 Å². The van der Waals surface area contributed by atoms with Crippen LogP contribution in [-0.2, 0) is 11.3 Å². The summed E-state index contributed by atoms with van der Waals surface area (Å²) in [5.74, 6) is -0.214. The first kappa shape index (κ1) is 14.3. The molecule has 6 heteroatoms. The van der Waals surface area contributed by atoms with Gasteiger partial charge in [-0.1, -0.05) is 35.9 Å². The fourth-order valence-corrected chi connectivity index (χ4v) is 2.18. The molecule has 110 valence electrons. The van der Waals surface area contributed by atoms with E-state index in [9.17, 15) is 4.79 Å². The number of imidazole rings is 1. The number of aromatic nitrogens is 2. The predicted molar refractivity (Wildman–Crippen MR) is 86.9 cm³/mol. The molecule has 0 spiro atoms. The molecule has 0 unspecified atom stereocenters. The van der Waals surface area contributed by atoms with Gasteiger partial charge in [0.05, 0.1) is 23.6 Å². The molecule has 22 heavy (non-hydrogen) atoms. The maximum Gasteiger partial charge on any atom is 0.260 e. The summed E-state index contributed by atoms with van der Waals surface area (Å²) in [6.45, 7) is 0.165. The number of hydrogen-bond donors (Lipinski definition) is 1. The molecule has 0 fully saturated rings. The van der Waals surface area contributed by atoms with Crippen LogP contribution < -0.4 is 5.43 Å². The number of para-hydroxylation sites is 2. The lowest BCUT2D eigenvalue weighted by atomic mass is 10.2. The van der Waals surface area contributed by atoms with E-state index in [1.165, 1.54) is 0 Å². The summed E-state index contributed by atoms with van der Waals surface area (Å²) in [4.78, 5) is 16.1. The van der Waals surface area contributed by atoms with Crippen molar-refractivity contribution in [2.45, 2.75) is 6.54 Å². The molecule has 3 aromatic rings. The van der Waals surface area contributed by atoms with Crippen LogP contribution in [0.4, 0.5) is 0 Å². The quantitative estimate of drug-likeness (QED) is 0.595. The summed E-state index contributed by atoms with van der Waals surface area (Å²) in [6.07, 6.45) is 3.22. The molecule has 1 aromatic heterocycles. The van der Waals surface area contributed by atoms with Crippen LogP contribution in [0.25, 0.3) is 11.0 Å². The average molecular weight is 313 g/mol. The Morgan fingerprint density at radius 2 is 2.00 bits per heavy atom. The van der Waals surface area contributed by atoms with Crippen LogP contribution in [0.15, 0.2) is 60.0 Å².